The fourth-order valence-corrected chi connectivity index (χ4v) is 4.00. The first kappa shape index (κ1) is 32.7. The fraction of sp³-hybridized carbons (Fsp3) is 0.560. The van der Waals surface area contributed by atoms with Gasteiger partial charge in [0.1, 0.15) is 18.1 Å². The number of amides is 3. The maximum Gasteiger partial charge on any atom is 0.326 e. The smallest absolute Gasteiger partial charge is 0.326 e. The van der Waals surface area contributed by atoms with Gasteiger partial charge in [0.05, 0.1) is 6.04 Å². The van der Waals surface area contributed by atoms with Crippen molar-refractivity contribution in [3.8, 4) is 0 Å². The zero-order chi connectivity index (χ0) is 28.7. The Labute approximate surface area is 227 Å². The Hall–Kier alpha value is -3.32. The first-order valence-electron chi connectivity index (χ1n) is 12.4. The van der Waals surface area contributed by atoms with Gasteiger partial charge in [-0.2, -0.15) is 11.8 Å². The Morgan fingerprint density at radius 2 is 1.55 bits per heavy atom. The lowest BCUT2D eigenvalue weighted by molar-refractivity contribution is -0.143. The van der Waals surface area contributed by atoms with E-state index in [0.717, 1.165) is 5.56 Å². The second-order valence-electron chi connectivity index (χ2n) is 9.22. The van der Waals surface area contributed by atoms with E-state index in [1.807, 2.05) is 36.6 Å². The number of nitrogens with two attached hydrogens (primary N) is 3. The number of thioether (sulfide) groups is 1. The summed E-state index contributed by atoms with van der Waals surface area (Å²) in [6, 6.07) is 5.10. The van der Waals surface area contributed by atoms with E-state index in [0.29, 0.717) is 25.1 Å². The van der Waals surface area contributed by atoms with Crippen LogP contribution in [0, 0.1) is 5.92 Å². The predicted molar refractivity (Wildman–Crippen MR) is 149 cm³/mol. The standard InChI is InChI=1S/C25H41N7O5S/c1-15(2)20(24(36)37)32-22(34)18(11-13-38-3)30-23(35)19(14-16-8-5-4-6-9-16)31-21(33)17(26)10-7-12-29-25(27)28/h4-6,8-9,15,17-20H,7,10-14,26H2,1-3H3,(H,30,35)(H,31,33)(H,32,34)(H,36,37)(H4,27,28,29). The van der Waals surface area contributed by atoms with E-state index >= 15 is 0 Å². The number of carbonyl (C=O) groups is 4. The molecule has 12 nitrogen and oxygen atoms in total. The van der Waals surface area contributed by atoms with E-state index in [1.165, 1.54) is 11.8 Å². The van der Waals surface area contributed by atoms with Gasteiger partial charge in [-0.25, -0.2) is 4.79 Å². The predicted octanol–water partition coefficient (Wildman–Crippen LogP) is -0.442. The summed E-state index contributed by atoms with van der Waals surface area (Å²) in [6.07, 6.45) is 3.07. The SMILES string of the molecule is CSCCC(NC(=O)C(Cc1ccccc1)NC(=O)C(N)CCCN=C(N)N)C(=O)NC(C(=O)O)C(C)C. The molecule has 212 valence electrons. The topological polar surface area (TPSA) is 215 Å². The molecule has 1 aromatic rings. The van der Waals surface area contributed by atoms with Gasteiger partial charge in [0.15, 0.2) is 5.96 Å². The quantitative estimate of drug-likeness (QED) is 0.0757. The second kappa shape index (κ2) is 17.2. The molecule has 0 heterocycles. The highest BCUT2D eigenvalue weighted by Crippen LogP contribution is 2.09. The van der Waals surface area contributed by atoms with Crippen molar-refractivity contribution in [2.75, 3.05) is 18.6 Å². The van der Waals surface area contributed by atoms with E-state index in [9.17, 15) is 24.3 Å². The van der Waals surface area contributed by atoms with Gasteiger partial charge in [-0.05, 0) is 42.8 Å². The summed E-state index contributed by atoms with van der Waals surface area (Å²) >= 11 is 1.48. The number of carbonyl (C=O) groups excluding carboxylic acids is 3. The number of nitrogens with zero attached hydrogens (tertiary/aromatic N) is 1. The molecule has 4 unspecified atom stereocenters. The molecule has 0 radical (unpaired) electrons. The first-order chi connectivity index (χ1) is 18.0. The lowest BCUT2D eigenvalue weighted by Gasteiger charge is -2.26. The Balaban J connectivity index is 3.03. The van der Waals surface area contributed by atoms with Crippen LogP contribution in [-0.2, 0) is 25.6 Å². The van der Waals surface area contributed by atoms with Crippen molar-refractivity contribution < 1.29 is 24.3 Å². The van der Waals surface area contributed by atoms with Crippen LogP contribution >= 0.6 is 11.8 Å². The van der Waals surface area contributed by atoms with Crippen molar-refractivity contribution in [1.82, 2.24) is 16.0 Å². The molecule has 0 aliphatic heterocycles. The molecule has 0 fully saturated rings. The number of aliphatic carboxylic acids is 1. The molecule has 38 heavy (non-hydrogen) atoms. The summed E-state index contributed by atoms with van der Waals surface area (Å²) in [5, 5.41) is 17.4. The number of hydrogen-bond acceptors (Lipinski definition) is 7. The average Bonchev–Trinajstić information content (AvgIpc) is 2.86. The van der Waals surface area contributed by atoms with Gasteiger partial charge in [-0.3, -0.25) is 19.4 Å². The van der Waals surface area contributed by atoms with Crippen LogP contribution < -0.4 is 33.2 Å². The molecule has 1 aromatic carbocycles. The second-order valence-corrected chi connectivity index (χ2v) is 10.2. The molecule has 0 aliphatic rings. The molecular weight excluding hydrogens is 510 g/mol. The van der Waals surface area contributed by atoms with Crippen LogP contribution in [0.5, 0.6) is 0 Å². The molecule has 0 aromatic heterocycles. The van der Waals surface area contributed by atoms with Gasteiger partial charge >= 0.3 is 5.97 Å². The highest BCUT2D eigenvalue weighted by molar-refractivity contribution is 7.98. The summed E-state index contributed by atoms with van der Waals surface area (Å²) < 4.78 is 0. The molecule has 4 atom stereocenters. The maximum absolute atomic E-state index is 13.4. The third kappa shape index (κ3) is 12.3. The molecule has 10 N–H and O–H groups in total. The van der Waals surface area contributed by atoms with Gasteiger partial charge in [0, 0.05) is 13.0 Å². The number of hydrogen-bond donors (Lipinski definition) is 7. The minimum atomic E-state index is -1.16. The Bertz CT molecular complexity index is 941. The van der Waals surface area contributed by atoms with Crippen molar-refractivity contribution in [3.63, 3.8) is 0 Å². The Morgan fingerprint density at radius 1 is 0.947 bits per heavy atom. The summed E-state index contributed by atoms with van der Waals surface area (Å²) in [5.41, 5.74) is 17.4. The zero-order valence-electron chi connectivity index (χ0n) is 22.2. The summed E-state index contributed by atoms with van der Waals surface area (Å²) in [4.78, 5) is 54.6. The number of carboxylic acids is 1. The number of nitrogens with one attached hydrogen (secondary N) is 3. The third-order valence-electron chi connectivity index (χ3n) is 5.69. The van der Waals surface area contributed by atoms with Crippen molar-refractivity contribution in [2.24, 2.45) is 28.1 Å². The zero-order valence-corrected chi connectivity index (χ0v) is 23.0. The monoisotopic (exact) mass is 551 g/mol. The number of rotatable bonds is 17. The Kier molecular flexibility index (Phi) is 14.8. The van der Waals surface area contributed by atoms with Crippen LogP contribution in [-0.4, -0.2) is 77.5 Å². The van der Waals surface area contributed by atoms with Gasteiger partial charge in [0.2, 0.25) is 17.7 Å². The van der Waals surface area contributed by atoms with Gasteiger partial charge in [-0.15, -0.1) is 0 Å². The third-order valence-corrected chi connectivity index (χ3v) is 6.34. The van der Waals surface area contributed by atoms with Crippen LogP contribution in [0.4, 0.5) is 0 Å². The normalized spacial score (nSPS) is 14.0. The van der Waals surface area contributed by atoms with Gasteiger partial charge in [-0.1, -0.05) is 44.2 Å². The summed E-state index contributed by atoms with van der Waals surface area (Å²) in [6.45, 7) is 3.68. The minimum Gasteiger partial charge on any atom is -0.480 e. The van der Waals surface area contributed by atoms with Crippen LogP contribution in [0.1, 0.15) is 38.7 Å². The van der Waals surface area contributed by atoms with E-state index < -0.39 is 47.9 Å². The minimum absolute atomic E-state index is 0.0502. The number of aliphatic imine (C=N–C) groups is 1. The van der Waals surface area contributed by atoms with Crippen molar-refractivity contribution in [3.05, 3.63) is 35.9 Å². The largest absolute Gasteiger partial charge is 0.480 e. The molecule has 0 saturated carbocycles. The molecule has 0 spiro atoms. The van der Waals surface area contributed by atoms with Crippen LogP contribution in [0.2, 0.25) is 0 Å². The van der Waals surface area contributed by atoms with Crippen LogP contribution in [0.15, 0.2) is 35.3 Å². The molecular formula is C25H41N7O5S. The highest BCUT2D eigenvalue weighted by Gasteiger charge is 2.31. The van der Waals surface area contributed by atoms with E-state index in [4.69, 9.17) is 17.2 Å². The summed E-state index contributed by atoms with van der Waals surface area (Å²) in [7, 11) is 0. The van der Waals surface area contributed by atoms with E-state index in [-0.39, 0.29) is 24.7 Å². The molecule has 13 heteroatoms. The average molecular weight is 552 g/mol. The van der Waals surface area contributed by atoms with Gasteiger partial charge in [0.25, 0.3) is 0 Å². The van der Waals surface area contributed by atoms with Crippen molar-refractivity contribution in [2.45, 2.75) is 63.7 Å². The molecule has 0 aliphatic carbocycles. The summed E-state index contributed by atoms with van der Waals surface area (Å²) in [5.74, 6) is -2.72. The number of carboxylic acid groups (broad SMARTS) is 1. The fourth-order valence-electron chi connectivity index (χ4n) is 3.53. The molecule has 3 amide bonds. The maximum atomic E-state index is 13.4. The van der Waals surface area contributed by atoms with E-state index in [2.05, 4.69) is 20.9 Å². The van der Waals surface area contributed by atoms with Crippen molar-refractivity contribution >= 4 is 41.4 Å². The molecule has 1 rings (SSSR count). The highest BCUT2D eigenvalue weighted by atomic mass is 32.2. The first-order valence-corrected chi connectivity index (χ1v) is 13.8. The van der Waals surface area contributed by atoms with Crippen LogP contribution in [0.25, 0.3) is 0 Å². The molecule has 0 bridgehead atoms. The van der Waals surface area contributed by atoms with Gasteiger partial charge < -0.3 is 38.3 Å². The lowest BCUT2D eigenvalue weighted by Crippen LogP contribution is -2.58. The number of benzene rings is 1. The van der Waals surface area contributed by atoms with E-state index in [1.54, 1.807) is 13.8 Å². The Morgan fingerprint density at radius 3 is 2.11 bits per heavy atom. The molecule has 0 saturated heterocycles. The van der Waals surface area contributed by atoms with Crippen LogP contribution in [0.3, 0.4) is 0 Å². The lowest BCUT2D eigenvalue weighted by atomic mass is 10.0. The van der Waals surface area contributed by atoms with Crippen molar-refractivity contribution in [1.29, 1.82) is 0 Å². The number of guanidine groups is 1.